The minimum Gasteiger partial charge on any atom is -0.493 e. The molecule has 0 aromatic heterocycles. The van der Waals surface area contributed by atoms with Crippen molar-refractivity contribution in [2.45, 2.75) is 18.4 Å². The van der Waals surface area contributed by atoms with E-state index >= 15 is 0 Å². The molecule has 0 spiro atoms. The molecule has 4 heteroatoms. The lowest BCUT2D eigenvalue weighted by atomic mass is 10.1. The molecule has 2 unspecified atom stereocenters. The molecule has 2 N–H and O–H groups in total. The van der Waals surface area contributed by atoms with E-state index in [0.717, 1.165) is 12.0 Å². The van der Waals surface area contributed by atoms with Gasteiger partial charge in [-0.1, -0.05) is 17.7 Å². The predicted octanol–water partition coefficient (Wildman–Crippen LogP) is 2.17. The van der Waals surface area contributed by atoms with Gasteiger partial charge in [0, 0.05) is 12.0 Å². The summed E-state index contributed by atoms with van der Waals surface area (Å²) in [5.74, 6) is 1.62. The molecule has 1 aromatic rings. The molecule has 0 amide bonds. The van der Waals surface area contributed by atoms with Crippen LogP contribution in [0.25, 0.3) is 0 Å². The third-order valence-electron chi connectivity index (χ3n) is 2.75. The lowest BCUT2D eigenvalue weighted by molar-refractivity contribution is 0.354. The lowest BCUT2D eigenvalue weighted by Crippen LogP contribution is -2.02. The van der Waals surface area contributed by atoms with Crippen molar-refractivity contribution < 1.29 is 9.47 Å². The van der Waals surface area contributed by atoms with Crippen LogP contribution in [0.4, 0.5) is 0 Å². The van der Waals surface area contributed by atoms with E-state index in [1.54, 1.807) is 14.2 Å². The van der Waals surface area contributed by atoms with E-state index in [1.807, 2.05) is 12.1 Å². The topological polar surface area (TPSA) is 44.5 Å². The van der Waals surface area contributed by atoms with Crippen LogP contribution in [0.2, 0.25) is 5.02 Å². The maximum absolute atomic E-state index is 6.23. The Morgan fingerprint density at radius 1 is 1.33 bits per heavy atom. The standard InChI is InChI=1S/C11H14ClNO2/c1-14-9-4-3-6(7-5-8(7)13)10(12)11(9)15-2/h3-4,7-8H,5,13H2,1-2H3. The molecule has 0 heterocycles. The van der Waals surface area contributed by atoms with Crippen LogP contribution in [0.5, 0.6) is 11.5 Å². The molecule has 2 rings (SSSR count). The molecular formula is C11H14ClNO2. The van der Waals surface area contributed by atoms with E-state index in [4.69, 9.17) is 26.8 Å². The first-order valence-corrected chi connectivity index (χ1v) is 5.22. The molecule has 1 aliphatic rings. The molecule has 1 saturated carbocycles. The molecule has 0 radical (unpaired) electrons. The van der Waals surface area contributed by atoms with Gasteiger partial charge in [0.1, 0.15) is 0 Å². The van der Waals surface area contributed by atoms with E-state index in [2.05, 4.69) is 0 Å². The Morgan fingerprint density at radius 3 is 2.47 bits per heavy atom. The molecule has 0 saturated heterocycles. The summed E-state index contributed by atoms with van der Waals surface area (Å²) in [4.78, 5) is 0. The molecule has 1 fully saturated rings. The number of nitrogens with two attached hydrogens (primary N) is 1. The molecule has 82 valence electrons. The Labute approximate surface area is 94.1 Å². The van der Waals surface area contributed by atoms with E-state index in [9.17, 15) is 0 Å². The number of benzene rings is 1. The minimum absolute atomic E-state index is 0.237. The monoisotopic (exact) mass is 227 g/mol. The van der Waals surface area contributed by atoms with E-state index in [-0.39, 0.29) is 6.04 Å². The third-order valence-corrected chi connectivity index (χ3v) is 3.14. The number of halogens is 1. The zero-order valence-corrected chi connectivity index (χ0v) is 9.54. The molecular weight excluding hydrogens is 214 g/mol. The molecule has 2 atom stereocenters. The molecule has 1 aliphatic carbocycles. The normalized spacial score (nSPS) is 23.7. The van der Waals surface area contributed by atoms with Gasteiger partial charge in [0.2, 0.25) is 0 Å². The molecule has 0 bridgehead atoms. The van der Waals surface area contributed by atoms with Crippen LogP contribution >= 0.6 is 11.6 Å². The number of rotatable bonds is 3. The van der Waals surface area contributed by atoms with Crippen LogP contribution in [0.1, 0.15) is 17.9 Å². The average Bonchev–Trinajstić information content (AvgIpc) is 2.94. The molecule has 3 nitrogen and oxygen atoms in total. The van der Waals surface area contributed by atoms with E-state index in [0.29, 0.717) is 22.4 Å². The lowest BCUT2D eigenvalue weighted by Gasteiger charge is -2.12. The quantitative estimate of drug-likeness (QED) is 0.861. The van der Waals surface area contributed by atoms with Crippen molar-refractivity contribution in [1.82, 2.24) is 0 Å². The highest BCUT2D eigenvalue weighted by Crippen LogP contribution is 2.47. The van der Waals surface area contributed by atoms with Crippen LogP contribution in [0.15, 0.2) is 12.1 Å². The minimum atomic E-state index is 0.237. The first-order chi connectivity index (χ1) is 7.19. The Bertz CT molecular complexity index is 381. The van der Waals surface area contributed by atoms with Gasteiger partial charge in [-0.2, -0.15) is 0 Å². The summed E-state index contributed by atoms with van der Waals surface area (Å²) in [5, 5.41) is 0.620. The maximum Gasteiger partial charge on any atom is 0.179 e. The van der Waals surface area contributed by atoms with Gasteiger partial charge in [-0.15, -0.1) is 0 Å². The first-order valence-electron chi connectivity index (χ1n) is 4.85. The summed E-state index contributed by atoms with van der Waals surface area (Å²) in [6, 6.07) is 4.06. The van der Waals surface area contributed by atoms with Gasteiger partial charge in [-0.3, -0.25) is 0 Å². The fourth-order valence-electron chi connectivity index (χ4n) is 1.76. The summed E-state index contributed by atoms with van der Waals surface area (Å²) in [6.45, 7) is 0. The Balaban J connectivity index is 2.41. The Kier molecular flexibility index (Phi) is 2.76. The van der Waals surface area contributed by atoms with Crippen molar-refractivity contribution in [2.75, 3.05) is 14.2 Å². The smallest absolute Gasteiger partial charge is 0.179 e. The Hall–Kier alpha value is -0.930. The summed E-state index contributed by atoms with van der Waals surface area (Å²) >= 11 is 6.23. The van der Waals surface area contributed by atoms with Gasteiger partial charge in [0.25, 0.3) is 0 Å². The average molecular weight is 228 g/mol. The summed E-state index contributed by atoms with van der Waals surface area (Å²) in [6.07, 6.45) is 0.995. The number of ether oxygens (including phenoxy) is 2. The maximum atomic E-state index is 6.23. The van der Waals surface area contributed by atoms with Crippen molar-refractivity contribution in [2.24, 2.45) is 5.73 Å². The highest BCUT2D eigenvalue weighted by Gasteiger charge is 2.37. The second kappa shape index (κ2) is 3.91. The number of methoxy groups -OCH3 is 2. The van der Waals surface area contributed by atoms with Crippen molar-refractivity contribution in [3.8, 4) is 11.5 Å². The van der Waals surface area contributed by atoms with Crippen LogP contribution in [0, 0.1) is 0 Å². The molecule has 15 heavy (non-hydrogen) atoms. The highest BCUT2D eigenvalue weighted by molar-refractivity contribution is 6.33. The van der Waals surface area contributed by atoms with Crippen molar-refractivity contribution in [3.63, 3.8) is 0 Å². The van der Waals surface area contributed by atoms with Crippen LogP contribution in [-0.4, -0.2) is 20.3 Å². The van der Waals surface area contributed by atoms with Crippen molar-refractivity contribution in [3.05, 3.63) is 22.7 Å². The fraction of sp³-hybridized carbons (Fsp3) is 0.455. The van der Waals surface area contributed by atoms with E-state index < -0.39 is 0 Å². The second-order valence-corrected chi connectivity index (χ2v) is 4.09. The number of hydrogen-bond donors (Lipinski definition) is 1. The first kappa shape index (κ1) is 10.6. The van der Waals surface area contributed by atoms with Crippen LogP contribution in [0.3, 0.4) is 0 Å². The Morgan fingerprint density at radius 2 is 2.00 bits per heavy atom. The van der Waals surface area contributed by atoms with Crippen molar-refractivity contribution in [1.29, 1.82) is 0 Å². The van der Waals surface area contributed by atoms with E-state index in [1.165, 1.54) is 0 Å². The predicted molar refractivity (Wildman–Crippen MR) is 59.9 cm³/mol. The highest BCUT2D eigenvalue weighted by atomic mass is 35.5. The van der Waals surface area contributed by atoms with Gasteiger partial charge in [-0.05, 0) is 18.1 Å². The SMILES string of the molecule is COc1ccc(C2CC2N)c(Cl)c1OC. The van der Waals surface area contributed by atoms with Gasteiger partial charge >= 0.3 is 0 Å². The van der Waals surface area contributed by atoms with Gasteiger partial charge in [0.05, 0.1) is 19.2 Å². The van der Waals surface area contributed by atoms with Crippen LogP contribution < -0.4 is 15.2 Å². The fourth-order valence-corrected chi connectivity index (χ4v) is 2.14. The summed E-state index contributed by atoms with van der Waals surface area (Å²) in [7, 11) is 3.18. The summed E-state index contributed by atoms with van der Waals surface area (Å²) < 4.78 is 10.4. The van der Waals surface area contributed by atoms with Gasteiger partial charge in [-0.25, -0.2) is 0 Å². The van der Waals surface area contributed by atoms with Crippen molar-refractivity contribution >= 4 is 11.6 Å². The molecule has 1 aromatic carbocycles. The molecule has 0 aliphatic heterocycles. The largest absolute Gasteiger partial charge is 0.493 e. The zero-order valence-electron chi connectivity index (χ0n) is 8.79. The third kappa shape index (κ3) is 1.77. The second-order valence-electron chi connectivity index (χ2n) is 3.71. The zero-order chi connectivity index (χ0) is 11.0. The summed E-state index contributed by atoms with van der Waals surface area (Å²) in [5.41, 5.74) is 6.86. The van der Waals surface area contributed by atoms with Gasteiger partial charge in [0.15, 0.2) is 11.5 Å². The number of hydrogen-bond acceptors (Lipinski definition) is 3. The van der Waals surface area contributed by atoms with Crippen LogP contribution in [-0.2, 0) is 0 Å². The van der Waals surface area contributed by atoms with Gasteiger partial charge < -0.3 is 15.2 Å².